The molecule has 0 aliphatic carbocycles. The highest BCUT2D eigenvalue weighted by molar-refractivity contribution is 7.92. The van der Waals surface area contributed by atoms with Gasteiger partial charge in [-0.05, 0) is 74.3 Å². The highest BCUT2D eigenvalue weighted by Crippen LogP contribution is 2.14. The molecule has 1 saturated heterocycles. The zero-order chi connectivity index (χ0) is 23.3. The van der Waals surface area contributed by atoms with Gasteiger partial charge < -0.3 is 29.2 Å². The van der Waals surface area contributed by atoms with Crippen molar-refractivity contribution in [2.24, 2.45) is 0 Å². The van der Waals surface area contributed by atoms with Crippen molar-refractivity contribution in [2.75, 3.05) is 37.7 Å². The standard InChI is InChI=1S/C24H33N3O5S/c28-22(19-33(30)18-13-25-24(29)21-11-8-17-31-21)26-23(32-20-9-3-1-4-10-20)12-7-16-27-14-5-2-6-15-27/h1,3-4,8-11,17,23H,2,5-7,12-16,18-19H2,(H,25,29)(H,26,28). The highest BCUT2D eigenvalue weighted by atomic mass is 32.2. The summed E-state index contributed by atoms with van der Waals surface area (Å²) in [5, 5.41) is 5.52. The molecule has 0 spiro atoms. The van der Waals surface area contributed by atoms with E-state index < -0.39 is 17.4 Å². The lowest BCUT2D eigenvalue weighted by molar-refractivity contribution is -0.121. The Balaban J connectivity index is 1.41. The van der Waals surface area contributed by atoms with Crippen molar-refractivity contribution in [3.05, 3.63) is 54.5 Å². The SMILES string of the molecule is O=C(C[S+]([O-])CCNC(=O)c1ccco1)NC(CCCN1CCCCC1)Oc1ccccc1. The molecule has 2 heterocycles. The number of nitrogens with zero attached hydrogens (tertiary/aromatic N) is 1. The minimum atomic E-state index is -1.41. The van der Waals surface area contributed by atoms with E-state index in [1.165, 1.54) is 25.5 Å². The molecule has 0 bridgehead atoms. The summed E-state index contributed by atoms with van der Waals surface area (Å²) in [6.45, 7) is 3.43. The summed E-state index contributed by atoms with van der Waals surface area (Å²) < 4.78 is 23.3. The van der Waals surface area contributed by atoms with Gasteiger partial charge in [0.05, 0.1) is 12.8 Å². The number of carbonyl (C=O) groups is 2. The maximum atomic E-state index is 12.5. The van der Waals surface area contributed by atoms with E-state index in [1.54, 1.807) is 12.1 Å². The number of rotatable bonds is 13. The predicted molar refractivity (Wildman–Crippen MR) is 127 cm³/mol. The highest BCUT2D eigenvalue weighted by Gasteiger charge is 2.20. The Hall–Kier alpha value is -2.49. The van der Waals surface area contributed by atoms with Crippen LogP contribution in [0, 0.1) is 0 Å². The topological polar surface area (TPSA) is 107 Å². The van der Waals surface area contributed by atoms with Crippen LogP contribution < -0.4 is 15.4 Å². The van der Waals surface area contributed by atoms with Gasteiger partial charge in [-0.2, -0.15) is 0 Å². The zero-order valence-corrected chi connectivity index (χ0v) is 19.7. The van der Waals surface area contributed by atoms with Crippen molar-refractivity contribution in [3.63, 3.8) is 0 Å². The van der Waals surface area contributed by atoms with Crippen molar-refractivity contribution >= 4 is 23.0 Å². The number of furan rings is 1. The molecule has 2 amide bonds. The monoisotopic (exact) mass is 475 g/mol. The van der Waals surface area contributed by atoms with E-state index in [9.17, 15) is 14.1 Å². The maximum Gasteiger partial charge on any atom is 0.287 e. The first-order chi connectivity index (χ1) is 16.1. The predicted octanol–water partition coefficient (Wildman–Crippen LogP) is 2.55. The Morgan fingerprint density at radius 1 is 1.12 bits per heavy atom. The van der Waals surface area contributed by atoms with Crippen molar-refractivity contribution in [2.45, 2.75) is 38.3 Å². The van der Waals surface area contributed by atoms with E-state index in [-0.39, 0.29) is 35.6 Å². The third-order valence-corrected chi connectivity index (χ3v) is 6.63. The largest absolute Gasteiger partial charge is 0.616 e. The average molecular weight is 476 g/mol. The summed E-state index contributed by atoms with van der Waals surface area (Å²) in [6, 6.07) is 12.6. The van der Waals surface area contributed by atoms with Crippen LogP contribution >= 0.6 is 0 Å². The quantitative estimate of drug-likeness (QED) is 0.341. The molecule has 2 aromatic rings. The summed E-state index contributed by atoms with van der Waals surface area (Å²) in [6.07, 6.45) is 6.29. The van der Waals surface area contributed by atoms with Crippen LogP contribution in [0.3, 0.4) is 0 Å². The second kappa shape index (κ2) is 13.9. The van der Waals surface area contributed by atoms with Crippen LogP contribution in [0.25, 0.3) is 0 Å². The van der Waals surface area contributed by atoms with Crippen LogP contribution in [0.15, 0.2) is 53.1 Å². The molecule has 9 heteroatoms. The number of para-hydroxylation sites is 1. The molecule has 33 heavy (non-hydrogen) atoms. The smallest absolute Gasteiger partial charge is 0.287 e. The number of hydrogen-bond acceptors (Lipinski definition) is 6. The molecule has 2 N–H and O–H groups in total. The van der Waals surface area contributed by atoms with Crippen molar-refractivity contribution in [1.29, 1.82) is 0 Å². The van der Waals surface area contributed by atoms with Gasteiger partial charge in [0.1, 0.15) is 11.5 Å². The lowest BCUT2D eigenvalue weighted by Crippen LogP contribution is -2.43. The molecule has 3 rings (SSSR count). The van der Waals surface area contributed by atoms with Gasteiger partial charge in [-0.3, -0.25) is 9.59 Å². The lowest BCUT2D eigenvalue weighted by atomic mass is 10.1. The van der Waals surface area contributed by atoms with Crippen LogP contribution in [0.2, 0.25) is 0 Å². The summed E-state index contributed by atoms with van der Waals surface area (Å²) >= 11 is -1.41. The molecule has 1 aromatic heterocycles. The Morgan fingerprint density at radius 2 is 1.91 bits per heavy atom. The number of benzene rings is 1. The van der Waals surface area contributed by atoms with Crippen LogP contribution in [0.5, 0.6) is 5.75 Å². The zero-order valence-electron chi connectivity index (χ0n) is 18.9. The van der Waals surface area contributed by atoms with Gasteiger partial charge in [-0.1, -0.05) is 24.6 Å². The number of ether oxygens (including phenoxy) is 1. The van der Waals surface area contributed by atoms with Crippen LogP contribution in [-0.4, -0.2) is 65.2 Å². The van der Waals surface area contributed by atoms with Gasteiger partial charge in [0.25, 0.3) is 11.8 Å². The van der Waals surface area contributed by atoms with Gasteiger partial charge in [-0.25, -0.2) is 0 Å². The summed E-state index contributed by atoms with van der Waals surface area (Å²) in [7, 11) is 0. The Kier molecular flexibility index (Phi) is 10.6. The van der Waals surface area contributed by atoms with Gasteiger partial charge in [-0.15, -0.1) is 0 Å². The van der Waals surface area contributed by atoms with Gasteiger partial charge in [0, 0.05) is 6.42 Å². The second-order valence-electron chi connectivity index (χ2n) is 8.05. The van der Waals surface area contributed by atoms with Crippen LogP contribution in [-0.2, 0) is 16.0 Å². The lowest BCUT2D eigenvalue weighted by Gasteiger charge is -2.27. The molecular formula is C24H33N3O5S. The molecule has 8 nitrogen and oxygen atoms in total. The molecule has 1 aliphatic rings. The minimum Gasteiger partial charge on any atom is -0.616 e. The Labute approximate surface area is 198 Å². The van der Waals surface area contributed by atoms with Gasteiger partial charge >= 0.3 is 0 Å². The Bertz CT molecular complexity index is 828. The first-order valence-corrected chi connectivity index (χ1v) is 13.0. The molecule has 2 atom stereocenters. The van der Waals surface area contributed by atoms with E-state index in [0.29, 0.717) is 12.2 Å². The molecular weight excluding hydrogens is 442 g/mol. The van der Waals surface area contributed by atoms with Gasteiger partial charge in [0.2, 0.25) is 0 Å². The van der Waals surface area contributed by atoms with Crippen LogP contribution in [0.1, 0.15) is 42.7 Å². The molecule has 1 fully saturated rings. The minimum absolute atomic E-state index is 0.141. The van der Waals surface area contributed by atoms with Gasteiger partial charge in [0.15, 0.2) is 17.7 Å². The van der Waals surface area contributed by atoms with Crippen molar-refractivity contribution in [3.8, 4) is 5.75 Å². The average Bonchev–Trinajstić information content (AvgIpc) is 3.35. The number of amides is 2. The van der Waals surface area contributed by atoms with Crippen molar-refractivity contribution < 1.29 is 23.3 Å². The Morgan fingerprint density at radius 3 is 2.64 bits per heavy atom. The number of nitrogens with one attached hydrogen (secondary N) is 2. The third kappa shape index (κ3) is 9.49. The molecule has 0 saturated carbocycles. The molecule has 180 valence electrons. The van der Waals surface area contributed by atoms with E-state index in [4.69, 9.17) is 9.15 Å². The normalized spacial score (nSPS) is 16.0. The second-order valence-corrected chi connectivity index (χ2v) is 9.63. The number of piperidine rings is 1. The fourth-order valence-electron chi connectivity index (χ4n) is 3.72. The molecule has 1 aliphatic heterocycles. The number of hydrogen-bond donors (Lipinski definition) is 2. The fourth-order valence-corrected chi connectivity index (χ4v) is 4.57. The first kappa shape index (κ1) is 25.1. The van der Waals surface area contributed by atoms with E-state index in [0.717, 1.165) is 26.1 Å². The summed E-state index contributed by atoms with van der Waals surface area (Å²) in [4.78, 5) is 26.8. The van der Waals surface area contributed by atoms with Crippen molar-refractivity contribution in [1.82, 2.24) is 15.5 Å². The third-order valence-electron chi connectivity index (χ3n) is 5.39. The molecule has 0 radical (unpaired) electrons. The summed E-state index contributed by atoms with van der Waals surface area (Å²) in [5.74, 6) is 0.221. The number of likely N-dealkylation sites (tertiary alicyclic amines) is 1. The van der Waals surface area contributed by atoms with E-state index in [2.05, 4.69) is 15.5 Å². The molecule has 2 unspecified atom stereocenters. The van der Waals surface area contributed by atoms with E-state index in [1.807, 2.05) is 30.3 Å². The number of carbonyl (C=O) groups excluding carboxylic acids is 2. The fraction of sp³-hybridized carbons (Fsp3) is 0.500. The summed E-state index contributed by atoms with van der Waals surface area (Å²) in [5.41, 5.74) is 0. The maximum absolute atomic E-state index is 12.5. The van der Waals surface area contributed by atoms with E-state index >= 15 is 0 Å². The first-order valence-electron chi connectivity index (χ1n) is 11.5. The molecule has 1 aromatic carbocycles. The van der Waals surface area contributed by atoms with Crippen LogP contribution in [0.4, 0.5) is 0 Å².